The summed E-state index contributed by atoms with van der Waals surface area (Å²) in [6.45, 7) is 3.23. The molecule has 6 heteroatoms. The third-order valence-electron chi connectivity index (χ3n) is 4.45. The van der Waals surface area contributed by atoms with Crippen LogP contribution in [-0.4, -0.2) is 37.0 Å². The van der Waals surface area contributed by atoms with Crippen LogP contribution >= 0.6 is 24.8 Å². The second kappa shape index (κ2) is 8.44. The predicted octanol–water partition coefficient (Wildman–Crippen LogP) is 3.84. The van der Waals surface area contributed by atoms with E-state index in [9.17, 15) is 8.78 Å². The highest BCUT2D eigenvalue weighted by Gasteiger charge is 2.37. The van der Waals surface area contributed by atoms with Gasteiger partial charge in [-0.15, -0.1) is 24.8 Å². The molecule has 0 bridgehead atoms. The highest BCUT2D eigenvalue weighted by atomic mass is 35.5. The third-order valence-corrected chi connectivity index (χ3v) is 4.45. The first-order chi connectivity index (χ1) is 9.62. The van der Waals surface area contributed by atoms with Crippen LogP contribution in [-0.2, 0) is 6.54 Å². The van der Waals surface area contributed by atoms with E-state index in [1.807, 2.05) is 4.90 Å². The zero-order valence-corrected chi connectivity index (χ0v) is 14.2. The van der Waals surface area contributed by atoms with Crippen molar-refractivity contribution in [2.75, 3.05) is 26.2 Å². The maximum atomic E-state index is 13.2. The molecule has 0 aliphatic carbocycles. The lowest BCUT2D eigenvalue weighted by Gasteiger charge is -2.23. The number of benzene rings is 1. The molecule has 22 heavy (non-hydrogen) atoms. The molecular weight excluding hydrogens is 329 g/mol. The van der Waals surface area contributed by atoms with Gasteiger partial charge < -0.3 is 5.32 Å². The van der Waals surface area contributed by atoms with E-state index in [1.54, 1.807) is 0 Å². The Morgan fingerprint density at radius 3 is 2.27 bits per heavy atom. The van der Waals surface area contributed by atoms with Gasteiger partial charge in [0, 0.05) is 19.5 Å². The van der Waals surface area contributed by atoms with Crippen LogP contribution in [0.4, 0.5) is 8.78 Å². The van der Waals surface area contributed by atoms with Crippen LogP contribution < -0.4 is 5.32 Å². The molecular formula is C16H24Cl2F2N2. The molecule has 2 aliphatic rings. The molecule has 1 aromatic rings. The molecule has 2 fully saturated rings. The van der Waals surface area contributed by atoms with Crippen molar-refractivity contribution in [3.63, 3.8) is 0 Å². The fourth-order valence-corrected chi connectivity index (χ4v) is 3.25. The van der Waals surface area contributed by atoms with Crippen molar-refractivity contribution >= 4 is 24.8 Å². The van der Waals surface area contributed by atoms with Gasteiger partial charge in [0.1, 0.15) is 0 Å². The minimum absolute atomic E-state index is 0. The summed E-state index contributed by atoms with van der Waals surface area (Å²) >= 11 is 0. The molecule has 0 unspecified atom stereocenters. The van der Waals surface area contributed by atoms with E-state index >= 15 is 0 Å². The molecule has 0 spiro atoms. The highest BCUT2D eigenvalue weighted by molar-refractivity contribution is 5.85. The monoisotopic (exact) mass is 352 g/mol. The number of halogens is 4. The summed E-state index contributed by atoms with van der Waals surface area (Å²) < 4.78 is 26.3. The first-order valence-corrected chi connectivity index (χ1v) is 7.52. The Bertz CT molecular complexity index is 448. The number of nitrogens with zero attached hydrogens (tertiary/aromatic N) is 1. The third kappa shape index (κ3) is 5.05. The van der Waals surface area contributed by atoms with E-state index in [0.717, 1.165) is 18.7 Å². The van der Waals surface area contributed by atoms with Gasteiger partial charge in [0.15, 0.2) is 0 Å². The van der Waals surface area contributed by atoms with E-state index in [-0.39, 0.29) is 37.8 Å². The zero-order valence-electron chi connectivity index (χ0n) is 12.6. The largest absolute Gasteiger partial charge is 0.317 e. The molecule has 0 radical (unpaired) electrons. The highest BCUT2D eigenvalue weighted by Crippen LogP contribution is 2.29. The fraction of sp³-hybridized carbons (Fsp3) is 0.625. The summed E-state index contributed by atoms with van der Waals surface area (Å²) in [5, 5.41) is 3.37. The molecule has 126 valence electrons. The maximum absolute atomic E-state index is 13.2. The van der Waals surface area contributed by atoms with Crippen molar-refractivity contribution in [2.24, 2.45) is 0 Å². The molecule has 0 amide bonds. The number of piperidine rings is 1. The average Bonchev–Trinajstić information content (AvgIpc) is 2.80. The SMILES string of the molecule is Cl.Cl.FC1(F)CCN(Cc2ccc(C3CCNCC3)cc2)C1. The summed E-state index contributed by atoms with van der Waals surface area (Å²) in [5.41, 5.74) is 2.53. The van der Waals surface area contributed by atoms with Crippen LogP contribution in [0.1, 0.15) is 36.3 Å². The normalized spacial score (nSPS) is 21.9. The second-order valence-electron chi connectivity index (χ2n) is 6.08. The summed E-state index contributed by atoms with van der Waals surface area (Å²) in [6.07, 6.45) is 2.38. The van der Waals surface area contributed by atoms with Gasteiger partial charge in [-0.1, -0.05) is 24.3 Å². The molecule has 2 aliphatic heterocycles. The maximum Gasteiger partial charge on any atom is 0.261 e. The van der Waals surface area contributed by atoms with Crippen molar-refractivity contribution < 1.29 is 8.78 Å². The lowest BCUT2D eigenvalue weighted by atomic mass is 9.90. The fourth-order valence-electron chi connectivity index (χ4n) is 3.25. The molecule has 0 saturated carbocycles. The van der Waals surface area contributed by atoms with Gasteiger partial charge in [0.25, 0.3) is 5.92 Å². The standard InChI is InChI=1S/C16H22F2N2.2ClH/c17-16(18)7-10-20(12-16)11-13-1-3-14(4-2-13)15-5-8-19-9-6-15;;/h1-4,15,19H,5-12H2;2*1H. The summed E-state index contributed by atoms with van der Waals surface area (Å²) in [6, 6.07) is 8.57. The zero-order chi connectivity index (χ0) is 14.0. The molecule has 2 saturated heterocycles. The molecule has 3 rings (SSSR count). The minimum Gasteiger partial charge on any atom is -0.317 e. The van der Waals surface area contributed by atoms with Crippen molar-refractivity contribution in [2.45, 2.75) is 37.6 Å². The molecule has 0 atom stereocenters. The Labute approximate surface area is 143 Å². The molecule has 1 aromatic carbocycles. The smallest absolute Gasteiger partial charge is 0.261 e. The van der Waals surface area contributed by atoms with Gasteiger partial charge in [0.2, 0.25) is 0 Å². The van der Waals surface area contributed by atoms with E-state index in [1.165, 1.54) is 18.4 Å². The van der Waals surface area contributed by atoms with Gasteiger partial charge in [-0.05, 0) is 43.0 Å². The number of rotatable bonds is 3. The van der Waals surface area contributed by atoms with Gasteiger partial charge in [0.05, 0.1) is 6.54 Å². The van der Waals surface area contributed by atoms with Crippen LogP contribution in [0.15, 0.2) is 24.3 Å². The van der Waals surface area contributed by atoms with Gasteiger partial charge in [-0.3, -0.25) is 4.90 Å². The Hall–Kier alpha value is -0.420. The van der Waals surface area contributed by atoms with Crippen molar-refractivity contribution in [3.05, 3.63) is 35.4 Å². The van der Waals surface area contributed by atoms with E-state index in [4.69, 9.17) is 0 Å². The summed E-state index contributed by atoms with van der Waals surface area (Å²) in [7, 11) is 0. The number of hydrogen-bond donors (Lipinski definition) is 1. The molecule has 2 heterocycles. The second-order valence-corrected chi connectivity index (χ2v) is 6.08. The molecule has 2 nitrogen and oxygen atoms in total. The average molecular weight is 353 g/mol. The Morgan fingerprint density at radius 2 is 1.73 bits per heavy atom. The summed E-state index contributed by atoms with van der Waals surface area (Å²) in [4.78, 5) is 1.85. The Balaban J connectivity index is 0.00000121. The number of nitrogens with one attached hydrogen (secondary N) is 1. The van der Waals surface area contributed by atoms with Crippen LogP contribution in [0.3, 0.4) is 0 Å². The van der Waals surface area contributed by atoms with Gasteiger partial charge in [-0.25, -0.2) is 8.78 Å². The number of hydrogen-bond acceptors (Lipinski definition) is 2. The van der Waals surface area contributed by atoms with E-state index in [2.05, 4.69) is 29.6 Å². The Kier molecular flexibility index (Phi) is 7.53. The first-order valence-electron chi connectivity index (χ1n) is 7.52. The van der Waals surface area contributed by atoms with Crippen LogP contribution in [0, 0.1) is 0 Å². The summed E-state index contributed by atoms with van der Waals surface area (Å²) in [5.74, 6) is -1.84. The van der Waals surface area contributed by atoms with Gasteiger partial charge >= 0.3 is 0 Å². The lowest BCUT2D eigenvalue weighted by Crippen LogP contribution is -2.26. The van der Waals surface area contributed by atoms with Crippen molar-refractivity contribution in [1.82, 2.24) is 10.2 Å². The number of likely N-dealkylation sites (tertiary alicyclic amines) is 1. The minimum atomic E-state index is -2.49. The van der Waals surface area contributed by atoms with Crippen molar-refractivity contribution in [1.29, 1.82) is 0 Å². The number of alkyl halides is 2. The predicted molar refractivity (Wildman–Crippen MR) is 90.6 cm³/mol. The van der Waals surface area contributed by atoms with Crippen LogP contribution in [0.25, 0.3) is 0 Å². The lowest BCUT2D eigenvalue weighted by molar-refractivity contribution is 0.0115. The van der Waals surface area contributed by atoms with Crippen LogP contribution in [0.2, 0.25) is 0 Å². The van der Waals surface area contributed by atoms with E-state index in [0.29, 0.717) is 19.0 Å². The topological polar surface area (TPSA) is 15.3 Å². The van der Waals surface area contributed by atoms with Crippen LogP contribution in [0.5, 0.6) is 0 Å². The van der Waals surface area contributed by atoms with Gasteiger partial charge in [-0.2, -0.15) is 0 Å². The first kappa shape index (κ1) is 19.6. The quantitative estimate of drug-likeness (QED) is 0.888. The molecule has 1 N–H and O–H groups in total. The van der Waals surface area contributed by atoms with Crippen molar-refractivity contribution in [3.8, 4) is 0 Å². The molecule has 0 aromatic heterocycles. The Morgan fingerprint density at radius 1 is 1.09 bits per heavy atom. The van der Waals surface area contributed by atoms with E-state index < -0.39 is 5.92 Å².